The summed E-state index contributed by atoms with van der Waals surface area (Å²) in [6, 6.07) is 10.4. The smallest absolute Gasteiger partial charge is 0.460 e. The standard InChI is InChI=1S/C20H18F9NO6S3/c21-17(22,19(25,26)27)18(23,24)20(28,29)38(31,32)30-39(33,34)36-10-9-35-15-7-8-16(37-11-3-4-12-37)14-6-2-1-5-13(14)15/h1-2,5-8H,3-4,9-12H2. The molecule has 0 aliphatic carbocycles. The number of rotatable bonds is 11. The first kappa shape index (κ1) is 31.6. The zero-order valence-electron chi connectivity index (χ0n) is 19.2. The molecule has 0 radical (unpaired) electrons. The largest absolute Gasteiger partial charge is 0.490 e. The monoisotopic (exact) mass is 635 g/mol. The molecule has 2 aromatic rings. The van der Waals surface area contributed by atoms with Gasteiger partial charge < -0.3 is 8.86 Å². The molecule has 0 N–H and O–H groups in total. The first-order valence-corrected chi connectivity index (χ1v) is 15.0. The van der Waals surface area contributed by atoms with Gasteiger partial charge in [-0.2, -0.15) is 39.5 Å². The van der Waals surface area contributed by atoms with Gasteiger partial charge >= 0.3 is 23.3 Å². The Balaban J connectivity index is 1.68. The van der Waals surface area contributed by atoms with Crippen LogP contribution in [-0.4, -0.2) is 64.8 Å². The average Bonchev–Trinajstić information content (AvgIpc) is 3.34. The number of nitrogens with zero attached hydrogens (tertiary/aromatic N) is 1. The van der Waals surface area contributed by atoms with Crippen LogP contribution in [0.4, 0.5) is 39.5 Å². The summed E-state index contributed by atoms with van der Waals surface area (Å²) in [4.78, 5) is 1.09. The van der Waals surface area contributed by atoms with E-state index in [1.807, 2.05) is 12.1 Å². The molecule has 1 fully saturated rings. The zero-order valence-corrected chi connectivity index (χ0v) is 21.7. The van der Waals surface area contributed by atoms with Crippen molar-refractivity contribution >= 4 is 42.0 Å². The number of benzene rings is 2. The molecule has 2 aromatic carbocycles. The van der Waals surface area contributed by atoms with Gasteiger partial charge in [0.05, 0.1) is 6.61 Å². The number of hydrogen-bond donors (Lipinski definition) is 0. The molecule has 0 unspecified atom stereocenters. The highest BCUT2D eigenvalue weighted by Gasteiger charge is 2.84. The molecular formula is C20H18F9NO6S3. The van der Waals surface area contributed by atoms with E-state index in [0.717, 1.165) is 34.6 Å². The Hall–Kier alpha value is -1.96. The van der Waals surface area contributed by atoms with Crippen LogP contribution in [-0.2, 0) is 35.4 Å². The molecule has 3 rings (SSSR count). The highest BCUT2D eigenvalue weighted by atomic mass is 32.3. The van der Waals surface area contributed by atoms with Crippen molar-refractivity contribution < 1.29 is 65.3 Å². The maximum atomic E-state index is 13.7. The second kappa shape index (κ2) is 10.8. The van der Waals surface area contributed by atoms with Gasteiger partial charge in [0, 0.05) is 21.7 Å². The van der Waals surface area contributed by atoms with Crippen LogP contribution < -0.4 is 4.74 Å². The Morgan fingerprint density at radius 2 is 1.33 bits per heavy atom. The van der Waals surface area contributed by atoms with Crippen LogP contribution >= 0.6 is 0 Å². The summed E-state index contributed by atoms with van der Waals surface area (Å²) in [5.41, 5.74) is 0. The second-order valence-corrected chi connectivity index (χ2v) is 13.4. The van der Waals surface area contributed by atoms with Gasteiger partial charge in [0.25, 0.3) is 0 Å². The molecule has 39 heavy (non-hydrogen) atoms. The molecular weight excluding hydrogens is 617 g/mol. The first-order chi connectivity index (χ1) is 17.8. The van der Waals surface area contributed by atoms with E-state index in [0.29, 0.717) is 5.39 Å². The van der Waals surface area contributed by atoms with E-state index < -0.39 is 56.8 Å². The predicted molar refractivity (Wildman–Crippen MR) is 122 cm³/mol. The summed E-state index contributed by atoms with van der Waals surface area (Å²) in [5, 5.41) is -5.82. The Morgan fingerprint density at radius 3 is 1.90 bits per heavy atom. The first-order valence-electron chi connectivity index (χ1n) is 10.7. The average molecular weight is 636 g/mol. The van der Waals surface area contributed by atoms with Gasteiger partial charge in [-0.3, -0.25) is 4.18 Å². The zero-order chi connectivity index (χ0) is 29.5. The third-order valence-corrected chi connectivity index (χ3v) is 10.8. The molecule has 0 amide bonds. The third kappa shape index (κ3) is 6.06. The molecule has 0 atom stereocenters. The highest BCUT2D eigenvalue weighted by molar-refractivity contribution is 8.10. The van der Waals surface area contributed by atoms with Crippen LogP contribution in [0.3, 0.4) is 0 Å². The Morgan fingerprint density at radius 1 is 0.769 bits per heavy atom. The van der Waals surface area contributed by atoms with Crippen LogP contribution in [0.15, 0.2) is 41.3 Å². The van der Waals surface area contributed by atoms with Crippen LogP contribution in [0.1, 0.15) is 12.8 Å². The molecule has 1 aliphatic rings. The van der Waals surface area contributed by atoms with Gasteiger partial charge in [0.2, 0.25) is 10.3 Å². The lowest BCUT2D eigenvalue weighted by atomic mass is 10.1. The summed E-state index contributed by atoms with van der Waals surface area (Å²) in [7, 11) is -13.6. The molecule has 1 heterocycles. The number of fused-ring (bicyclic) bond motifs is 1. The van der Waals surface area contributed by atoms with Crippen molar-refractivity contribution in [2.24, 2.45) is 0 Å². The minimum atomic E-state index is -7.63. The molecule has 0 bridgehead atoms. The fourth-order valence-corrected chi connectivity index (χ4v) is 8.24. The Bertz CT molecular complexity index is 1410. The van der Waals surface area contributed by atoms with Crippen molar-refractivity contribution in [3.05, 3.63) is 40.5 Å². The summed E-state index contributed by atoms with van der Waals surface area (Å²) in [6.45, 7) is -1.80. The van der Waals surface area contributed by atoms with Gasteiger partial charge in [-0.05, 0) is 31.0 Å². The lowest BCUT2D eigenvalue weighted by molar-refractivity contribution is -0.382. The van der Waals surface area contributed by atoms with Crippen molar-refractivity contribution in [3.63, 3.8) is 0 Å². The van der Waals surface area contributed by atoms with E-state index >= 15 is 0 Å². The van der Waals surface area contributed by atoms with E-state index in [9.17, 15) is 56.3 Å². The van der Waals surface area contributed by atoms with E-state index in [1.54, 1.807) is 24.3 Å². The molecule has 0 saturated carbocycles. The van der Waals surface area contributed by atoms with Crippen LogP contribution in [0, 0.1) is 0 Å². The van der Waals surface area contributed by atoms with E-state index in [-0.39, 0.29) is 16.6 Å². The fourth-order valence-electron chi connectivity index (χ4n) is 3.50. The quantitative estimate of drug-likeness (QED) is 0.187. The number of ether oxygens (including phenoxy) is 1. The maximum Gasteiger partial charge on any atom is 0.460 e. The van der Waals surface area contributed by atoms with Gasteiger partial charge in [0.1, 0.15) is 23.9 Å². The lowest BCUT2D eigenvalue weighted by Crippen LogP contribution is -2.63. The van der Waals surface area contributed by atoms with Crippen molar-refractivity contribution in [3.8, 4) is 5.75 Å². The van der Waals surface area contributed by atoms with Gasteiger partial charge in [-0.25, -0.2) is 16.8 Å². The highest BCUT2D eigenvalue weighted by Crippen LogP contribution is 2.55. The van der Waals surface area contributed by atoms with Crippen LogP contribution in [0.5, 0.6) is 5.75 Å². The molecule has 7 nitrogen and oxygen atoms in total. The summed E-state index contributed by atoms with van der Waals surface area (Å²) in [6.07, 6.45) is -5.16. The summed E-state index contributed by atoms with van der Waals surface area (Å²) < 4.78 is 174. The molecule has 19 heteroatoms. The predicted octanol–water partition coefficient (Wildman–Crippen LogP) is 5.38. The minimum absolute atomic E-state index is 0.0200. The number of sulfonamides is 1. The van der Waals surface area contributed by atoms with Gasteiger partial charge in [-0.15, -0.1) is 0 Å². The molecule has 1 aliphatic heterocycles. The molecule has 0 spiro atoms. The second-order valence-electron chi connectivity index (χ2n) is 8.03. The summed E-state index contributed by atoms with van der Waals surface area (Å²) >= 11 is 0. The van der Waals surface area contributed by atoms with E-state index in [1.165, 1.54) is 4.13 Å². The van der Waals surface area contributed by atoms with Crippen molar-refractivity contribution in [1.82, 2.24) is 0 Å². The SMILES string of the molecule is O=S(=O)([N-]S(=O)(=O)C(F)(F)C(F)(F)C(F)(F)C(F)(F)F)OCCOc1ccc([S+]2CCCC2)c2ccccc12. The number of hydrogen-bond acceptors (Lipinski definition) is 6. The van der Waals surface area contributed by atoms with Crippen LogP contribution in [0.2, 0.25) is 0 Å². The minimum Gasteiger partial charge on any atom is -0.490 e. The molecule has 220 valence electrons. The van der Waals surface area contributed by atoms with Gasteiger partial charge in [0.15, 0.2) is 14.9 Å². The normalized spacial score (nSPS) is 16.6. The third-order valence-electron chi connectivity index (χ3n) is 5.39. The van der Waals surface area contributed by atoms with E-state index in [4.69, 9.17) is 4.74 Å². The van der Waals surface area contributed by atoms with Crippen molar-refractivity contribution in [2.75, 3.05) is 24.7 Å². The lowest BCUT2D eigenvalue weighted by Gasteiger charge is -2.36. The summed E-state index contributed by atoms with van der Waals surface area (Å²) in [5.74, 6) is -12.9. The van der Waals surface area contributed by atoms with Crippen molar-refractivity contribution in [2.45, 2.75) is 41.0 Å². The Kier molecular flexibility index (Phi) is 8.73. The molecule has 0 aromatic heterocycles. The van der Waals surface area contributed by atoms with Gasteiger partial charge in [-0.1, -0.05) is 18.2 Å². The maximum absolute atomic E-state index is 13.7. The fraction of sp³-hybridized carbons (Fsp3) is 0.500. The van der Waals surface area contributed by atoms with Crippen LogP contribution in [0.25, 0.3) is 14.9 Å². The van der Waals surface area contributed by atoms with E-state index in [2.05, 4.69) is 4.18 Å². The van der Waals surface area contributed by atoms with Crippen molar-refractivity contribution in [1.29, 1.82) is 0 Å². The number of halogens is 9. The Labute approximate surface area is 219 Å². The topological polar surface area (TPSA) is 101 Å². The number of alkyl halides is 9. The molecule has 1 saturated heterocycles.